The summed E-state index contributed by atoms with van der Waals surface area (Å²) < 4.78 is 0. The van der Waals surface area contributed by atoms with E-state index in [1.807, 2.05) is 6.92 Å². The van der Waals surface area contributed by atoms with E-state index in [1.165, 1.54) is 11.1 Å². The minimum Gasteiger partial charge on any atom is -0.366 e. The molecular weight excluding hydrogens is 250 g/mol. The van der Waals surface area contributed by atoms with Crippen molar-refractivity contribution in [2.75, 3.05) is 10.7 Å². The second kappa shape index (κ2) is 6.86. The summed E-state index contributed by atoms with van der Waals surface area (Å²) in [6.45, 7) is 4.90. The van der Waals surface area contributed by atoms with Gasteiger partial charge in [0.05, 0.1) is 0 Å². The van der Waals surface area contributed by atoms with Crippen molar-refractivity contribution in [1.82, 2.24) is 9.97 Å². The van der Waals surface area contributed by atoms with Crippen molar-refractivity contribution in [2.45, 2.75) is 33.2 Å². The van der Waals surface area contributed by atoms with Gasteiger partial charge in [-0.2, -0.15) is 0 Å². The molecule has 0 saturated heterocycles. The van der Waals surface area contributed by atoms with Crippen LogP contribution in [0.2, 0.25) is 0 Å². The molecular formula is C15H21N5. The minimum atomic E-state index is 0.626. The molecule has 0 bridgehead atoms. The maximum absolute atomic E-state index is 5.41. The Balaban J connectivity index is 2.05. The quantitative estimate of drug-likeness (QED) is 0.556. The average Bonchev–Trinajstić information content (AvgIpc) is 2.53. The molecule has 0 atom stereocenters. The lowest BCUT2D eigenvalue weighted by Crippen LogP contribution is -2.12. The molecule has 20 heavy (non-hydrogen) atoms. The van der Waals surface area contributed by atoms with Crippen molar-refractivity contribution >= 4 is 11.6 Å². The second-order valence-electron chi connectivity index (χ2n) is 4.58. The van der Waals surface area contributed by atoms with Gasteiger partial charge in [0, 0.05) is 19.0 Å². The third-order valence-corrected chi connectivity index (χ3v) is 3.14. The molecule has 0 radical (unpaired) electrons. The number of nitrogens with zero attached hydrogens (tertiary/aromatic N) is 2. The first-order valence-corrected chi connectivity index (χ1v) is 6.91. The summed E-state index contributed by atoms with van der Waals surface area (Å²) in [7, 11) is 0. The van der Waals surface area contributed by atoms with Crippen LogP contribution >= 0.6 is 0 Å². The standard InChI is InChI=1S/C15H21N5/c1-3-11-5-7-12(8-6-11)10-17-14-9-15(20-16)19-13(4-2)18-14/h5-9H,3-4,10,16H2,1-2H3,(H2,17,18,19,20). The fourth-order valence-corrected chi connectivity index (χ4v) is 1.91. The summed E-state index contributed by atoms with van der Waals surface area (Å²) >= 11 is 0. The number of hydrogen-bond donors (Lipinski definition) is 3. The van der Waals surface area contributed by atoms with E-state index in [2.05, 4.69) is 51.9 Å². The van der Waals surface area contributed by atoms with E-state index in [0.29, 0.717) is 5.82 Å². The minimum absolute atomic E-state index is 0.626. The molecule has 0 aliphatic rings. The topological polar surface area (TPSA) is 75.9 Å². The van der Waals surface area contributed by atoms with Crippen LogP contribution in [0.4, 0.5) is 11.6 Å². The Morgan fingerprint density at radius 3 is 2.20 bits per heavy atom. The largest absolute Gasteiger partial charge is 0.366 e. The molecule has 0 aliphatic heterocycles. The fourth-order valence-electron chi connectivity index (χ4n) is 1.91. The lowest BCUT2D eigenvalue weighted by atomic mass is 10.1. The SMILES string of the molecule is CCc1ccc(CNc2cc(NN)nc(CC)n2)cc1. The van der Waals surface area contributed by atoms with Gasteiger partial charge < -0.3 is 10.7 Å². The number of aryl methyl sites for hydroxylation is 2. The van der Waals surface area contributed by atoms with E-state index in [0.717, 1.165) is 31.0 Å². The number of benzene rings is 1. The van der Waals surface area contributed by atoms with E-state index in [1.54, 1.807) is 6.07 Å². The Morgan fingerprint density at radius 2 is 1.60 bits per heavy atom. The number of nitrogens with one attached hydrogen (secondary N) is 2. The zero-order valence-electron chi connectivity index (χ0n) is 12.0. The van der Waals surface area contributed by atoms with E-state index in [4.69, 9.17) is 5.84 Å². The molecule has 2 rings (SSSR count). The van der Waals surface area contributed by atoms with Crippen LogP contribution in [0.25, 0.3) is 0 Å². The van der Waals surface area contributed by atoms with Crippen LogP contribution < -0.4 is 16.6 Å². The molecule has 106 valence electrons. The first-order valence-electron chi connectivity index (χ1n) is 6.91. The van der Waals surface area contributed by atoms with E-state index >= 15 is 0 Å². The van der Waals surface area contributed by atoms with Gasteiger partial charge in [0.1, 0.15) is 17.5 Å². The number of hydrogen-bond acceptors (Lipinski definition) is 5. The van der Waals surface area contributed by atoms with Gasteiger partial charge in [0.15, 0.2) is 0 Å². The number of aromatic nitrogens is 2. The molecule has 2 aromatic rings. The fraction of sp³-hybridized carbons (Fsp3) is 0.333. The second-order valence-corrected chi connectivity index (χ2v) is 4.58. The van der Waals surface area contributed by atoms with Gasteiger partial charge in [-0.15, -0.1) is 0 Å². The van der Waals surface area contributed by atoms with Crippen molar-refractivity contribution < 1.29 is 0 Å². The van der Waals surface area contributed by atoms with Crippen molar-refractivity contribution in [1.29, 1.82) is 0 Å². The molecule has 0 aliphatic carbocycles. The molecule has 1 heterocycles. The highest BCUT2D eigenvalue weighted by Gasteiger charge is 2.02. The first kappa shape index (κ1) is 14.3. The highest BCUT2D eigenvalue weighted by molar-refractivity contribution is 5.47. The van der Waals surface area contributed by atoms with Crippen LogP contribution in [0.3, 0.4) is 0 Å². The third-order valence-electron chi connectivity index (χ3n) is 3.14. The Hall–Kier alpha value is -2.14. The monoisotopic (exact) mass is 271 g/mol. The maximum atomic E-state index is 5.41. The normalized spacial score (nSPS) is 10.3. The predicted molar refractivity (Wildman–Crippen MR) is 82.4 cm³/mol. The number of anilines is 2. The highest BCUT2D eigenvalue weighted by Crippen LogP contribution is 2.13. The van der Waals surface area contributed by atoms with Crippen molar-refractivity contribution in [3.8, 4) is 0 Å². The van der Waals surface area contributed by atoms with Crippen molar-refractivity contribution in [2.24, 2.45) is 5.84 Å². The summed E-state index contributed by atoms with van der Waals surface area (Å²) in [6, 6.07) is 10.4. The van der Waals surface area contributed by atoms with Crippen LogP contribution in [0.15, 0.2) is 30.3 Å². The number of nitrogen functional groups attached to an aromatic ring is 1. The zero-order valence-corrected chi connectivity index (χ0v) is 12.0. The Kier molecular flexibility index (Phi) is 4.90. The van der Waals surface area contributed by atoms with Gasteiger partial charge in [0.2, 0.25) is 0 Å². The summed E-state index contributed by atoms with van der Waals surface area (Å²) in [5.41, 5.74) is 5.13. The maximum Gasteiger partial charge on any atom is 0.145 e. The van der Waals surface area contributed by atoms with Crippen LogP contribution in [0.5, 0.6) is 0 Å². The summed E-state index contributed by atoms with van der Waals surface area (Å²) in [5, 5.41) is 3.30. The Labute approximate surface area is 119 Å². The molecule has 1 aromatic carbocycles. The van der Waals surface area contributed by atoms with Crippen LogP contribution in [0, 0.1) is 0 Å². The smallest absolute Gasteiger partial charge is 0.145 e. The van der Waals surface area contributed by atoms with Crippen molar-refractivity contribution in [3.05, 3.63) is 47.3 Å². The molecule has 0 unspecified atom stereocenters. The number of nitrogens with two attached hydrogens (primary N) is 1. The van der Waals surface area contributed by atoms with Gasteiger partial charge in [-0.1, -0.05) is 38.1 Å². The Bertz CT molecular complexity index is 528. The van der Waals surface area contributed by atoms with E-state index in [-0.39, 0.29) is 0 Å². The lowest BCUT2D eigenvalue weighted by Gasteiger charge is -2.09. The number of rotatable bonds is 6. The third kappa shape index (κ3) is 3.68. The molecule has 4 N–H and O–H groups in total. The lowest BCUT2D eigenvalue weighted by molar-refractivity contribution is 0.931. The van der Waals surface area contributed by atoms with Crippen molar-refractivity contribution in [3.63, 3.8) is 0 Å². The van der Waals surface area contributed by atoms with Gasteiger partial charge in [-0.05, 0) is 17.5 Å². The van der Waals surface area contributed by atoms with Gasteiger partial charge in [0.25, 0.3) is 0 Å². The van der Waals surface area contributed by atoms with Crippen LogP contribution in [-0.2, 0) is 19.4 Å². The summed E-state index contributed by atoms with van der Waals surface area (Å²) in [4.78, 5) is 8.69. The molecule has 0 amide bonds. The molecule has 1 aromatic heterocycles. The zero-order chi connectivity index (χ0) is 14.4. The van der Waals surface area contributed by atoms with E-state index < -0.39 is 0 Å². The van der Waals surface area contributed by atoms with Crippen LogP contribution in [0.1, 0.15) is 30.8 Å². The number of hydrazine groups is 1. The predicted octanol–water partition coefficient (Wildman–Crippen LogP) is 2.50. The van der Waals surface area contributed by atoms with E-state index in [9.17, 15) is 0 Å². The molecule has 0 fully saturated rings. The molecule has 0 saturated carbocycles. The molecule has 0 spiro atoms. The summed E-state index contributed by atoms with van der Waals surface area (Å²) in [5.74, 6) is 7.59. The highest BCUT2D eigenvalue weighted by atomic mass is 15.3. The van der Waals surface area contributed by atoms with Gasteiger partial charge in [-0.3, -0.25) is 0 Å². The van der Waals surface area contributed by atoms with Gasteiger partial charge >= 0.3 is 0 Å². The van der Waals surface area contributed by atoms with Crippen LogP contribution in [-0.4, -0.2) is 9.97 Å². The van der Waals surface area contributed by atoms with Gasteiger partial charge in [-0.25, -0.2) is 15.8 Å². The molecule has 5 nitrogen and oxygen atoms in total. The molecule has 5 heteroatoms. The summed E-state index contributed by atoms with van der Waals surface area (Å²) in [6.07, 6.45) is 1.83. The average molecular weight is 271 g/mol. The first-order chi connectivity index (χ1) is 9.75. The Morgan fingerprint density at radius 1 is 0.950 bits per heavy atom.